The molecule has 0 saturated heterocycles. The van der Waals surface area contributed by atoms with Gasteiger partial charge in [-0.15, -0.1) is 34.0 Å². The van der Waals surface area contributed by atoms with Gasteiger partial charge in [0.15, 0.2) is 0 Å². The van der Waals surface area contributed by atoms with Crippen molar-refractivity contribution < 1.29 is 0 Å². The normalized spacial score (nSPS) is 16.0. The van der Waals surface area contributed by atoms with Crippen LogP contribution in [0.2, 0.25) is 0 Å². The van der Waals surface area contributed by atoms with E-state index in [0.29, 0.717) is 0 Å². The fourth-order valence-electron chi connectivity index (χ4n) is 2.82. The number of hydrogen-bond donors (Lipinski definition) is 0. The van der Waals surface area contributed by atoms with E-state index in [0.717, 1.165) is 9.75 Å². The second kappa shape index (κ2) is 6.21. The predicted molar refractivity (Wildman–Crippen MR) is 112 cm³/mol. The highest BCUT2D eigenvalue weighted by Gasteiger charge is 2.12. The smallest absolute Gasteiger partial charge is 0.0790 e. The molecule has 3 heteroatoms. The average molecular weight is 373 g/mol. The van der Waals surface area contributed by atoms with Crippen molar-refractivity contribution in [3.63, 3.8) is 0 Å². The van der Waals surface area contributed by atoms with Crippen LogP contribution in [0.1, 0.15) is 9.75 Å². The van der Waals surface area contributed by atoms with Crippen molar-refractivity contribution in [2.24, 2.45) is 11.8 Å². The van der Waals surface area contributed by atoms with Crippen LogP contribution in [0.15, 0.2) is 60.7 Å². The molecule has 3 aromatic heterocycles. The van der Waals surface area contributed by atoms with E-state index in [1.165, 1.54) is 18.8 Å². The Morgan fingerprint density at radius 3 is 1.48 bits per heavy atom. The molecule has 118 valence electrons. The highest BCUT2D eigenvalue weighted by atomic mass is 32.1. The minimum Gasteiger partial charge on any atom is -0.133 e. The number of hydrogen-bond acceptors (Lipinski definition) is 3. The molecule has 0 spiro atoms. The molecule has 0 atom stereocenters. The summed E-state index contributed by atoms with van der Waals surface area (Å²) in [5, 5.41) is 0. The van der Waals surface area contributed by atoms with Crippen LogP contribution in [0.25, 0.3) is 18.8 Å². The lowest BCUT2D eigenvalue weighted by atomic mass is 10.2. The van der Waals surface area contributed by atoms with E-state index >= 15 is 0 Å². The van der Waals surface area contributed by atoms with Crippen LogP contribution in [-0.4, -0.2) is 0 Å². The molecule has 3 heterocycles. The van der Waals surface area contributed by atoms with Crippen LogP contribution in [0.4, 0.5) is 0 Å². The van der Waals surface area contributed by atoms with Crippen LogP contribution in [0.3, 0.4) is 0 Å². The summed E-state index contributed by atoms with van der Waals surface area (Å²) in [4.78, 5) is 2.30. The molecule has 0 aromatic carbocycles. The van der Waals surface area contributed by atoms with Gasteiger partial charge < -0.3 is 0 Å². The Hall–Kier alpha value is -2.30. The summed E-state index contributed by atoms with van der Waals surface area (Å²) in [5.74, 6) is 13.8. The Balaban J connectivity index is 1.47. The van der Waals surface area contributed by atoms with Gasteiger partial charge in [-0.1, -0.05) is 72.3 Å². The van der Waals surface area contributed by atoms with Crippen molar-refractivity contribution in [1.82, 2.24) is 0 Å². The lowest BCUT2D eigenvalue weighted by molar-refractivity contribution is 1.15. The fraction of sp³-hybridized carbons (Fsp3) is 0.0909. The Morgan fingerprint density at radius 1 is 0.600 bits per heavy atom. The SMILES string of the molecule is C(#CC1C=CC=C1)c1cc2sc3cc(C#CC4C=CC=C4)sc3c2s1. The molecule has 0 N–H and O–H groups in total. The average Bonchev–Trinajstić information content (AvgIpc) is 3.37. The third-order valence-electron chi connectivity index (χ3n) is 4.04. The molecule has 0 nitrogen and oxygen atoms in total. The Kier molecular flexibility index (Phi) is 3.72. The quantitative estimate of drug-likeness (QED) is 0.403. The van der Waals surface area contributed by atoms with Gasteiger partial charge in [-0.2, -0.15) is 0 Å². The van der Waals surface area contributed by atoms with Crippen molar-refractivity contribution in [3.8, 4) is 23.7 Å². The van der Waals surface area contributed by atoms with Crippen molar-refractivity contribution in [3.05, 3.63) is 70.5 Å². The number of allylic oxidation sites excluding steroid dienone is 8. The fourth-order valence-corrected chi connectivity index (χ4v) is 6.57. The molecule has 25 heavy (non-hydrogen) atoms. The van der Waals surface area contributed by atoms with E-state index < -0.39 is 0 Å². The zero-order valence-corrected chi connectivity index (χ0v) is 15.6. The van der Waals surface area contributed by atoms with Gasteiger partial charge in [0.05, 0.1) is 31.0 Å². The first-order valence-electron chi connectivity index (χ1n) is 8.04. The lowest BCUT2D eigenvalue weighted by Crippen LogP contribution is -1.80. The molecule has 0 unspecified atom stereocenters. The summed E-state index contributed by atoms with van der Waals surface area (Å²) in [6, 6.07) is 4.46. The topological polar surface area (TPSA) is 0 Å². The van der Waals surface area contributed by atoms with Crippen molar-refractivity contribution in [2.45, 2.75) is 0 Å². The number of thiophene rings is 3. The molecule has 5 rings (SSSR count). The molecule has 3 aromatic rings. The molecule has 0 radical (unpaired) electrons. The van der Waals surface area contributed by atoms with Crippen LogP contribution in [0, 0.1) is 35.5 Å². The van der Waals surface area contributed by atoms with Crippen molar-refractivity contribution in [2.75, 3.05) is 0 Å². The van der Waals surface area contributed by atoms with Crippen LogP contribution < -0.4 is 0 Å². The molecule has 0 bridgehead atoms. The third-order valence-corrected chi connectivity index (χ3v) is 7.65. The van der Waals surface area contributed by atoms with Crippen LogP contribution >= 0.6 is 34.0 Å². The van der Waals surface area contributed by atoms with Gasteiger partial charge in [0.1, 0.15) is 0 Å². The molecule has 0 amide bonds. The minimum atomic E-state index is 0.266. The zero-order chi connectivity index (χ0) is 16.6. The summed E-state index contributed by atoms with van der Waals surface area (Å²) in [6.45, 7) is 0. The predicted octanol–water partition coefficient (Wildman–Crippen LogP) is 6.36. The van der Waals surface area contributed by atoms with E-state index in [9.17, 15) is 0 Å². The Labute approximate surface area is 158 Å². The van der Waals surface area contributed by atoms with Gasteiger partial charge in [-0.05, 0) is 12.1 Å². The third kappa shape index (κ3) is 2.92. The van der Waals surface area contributed by atoms with E-state index in [-0.39, 0.29) is 11.8 Å². The van der Waals surface area contributed by atoms with E-state index in [4.69, 9.17) is 0 Å². The standard InChI is InChI=1S/C22H12S3/c1-2-6-15(5-1)9-11-17-13-19-21(23-17)22-20(25-19)14-18(24-22)12-10-16-7-3-4-8-16/h1-8,13-16H. The van der Waals surface area contributed by atoms with Gasteiger partial charge in [-0.3, -0.25) is 0 Å². The Morgan fingerprint density at radius 2 is 1.04 bits per heavy atom. The number of rotatable bonds is 0. The van der Waals surface area contributed by atoms with Crippen molar-refractivity contribution >= 4 is 52.8 Å². The summed E-state index contributed by atoms with van der Waals surface area (Å²) in [5.41, 5.74) is 0. The van der Waals surface area contributed by atoms with Gasteiger partial charge in [0.25, 0.3) is 0 Å². The highest BCUT2D eigenvalue weighted by molar-refractivity contribution is 7.38. The summed E-state index contributed by atoms with van der Waals surface area (Å²) < 4.78 is 5.41. The van der Waals surface area contributed by atoms with Gasteiger partial charge >= 0.3 is 0 Å². The van der Waals surface area contributed by atoms with Gasteiger partial charge in [0, 0.05) is 9.40 Å². The van der Waals surface area contributed by atoms with Crippen molar-refractivity contribution in [1.29, 1.82) is 0 Å². The van der Waals surface area contributed by atoms with Crippen LogP contribution in [0.5, 0.6) is 0 Å². The largest absolute Gasteiger partial charge is 0.133 e. The molecular formula is C22H12S3. The van der Waals surface area contributed by atoms with E-state index in [1.54, 1.807) is 22.7 Å². The first-order valence-corrected chi connectivity index (χ1v) is 10.5. The first-order chi connectivity index (χ1) is 12.3. The molecule has 2 aliphatic carbocycles. The second-order valence-corrected chi connectivity index (χ2v) is 9.03. The first kappa shape index (κ1) is 15.0. The second-order valence-electron chi connectivity index (χ2n) is 5.84. The summed E-state index contributed by atoms with van der Waals surface area (Å²) >= 11 is 5.45. The molecular weight excluding hydrogens is 360 g/mol. The zero-order valence-electron chi connectivity index (χ0n) is 13.2. The van der Waals surface area contributed by atoms with Gasteiger partial charge in [0.2, 0.25) is 0 Å². The summed E-state index contributed by atoms with van der Waals surface area (Å²) in [6.07, 6.45) is 16.7. The molecule has 0 aliphatic heterocycles. The maximum Gasteiger partial charge on any atom is 0.0790 e. The number of fused-ring (bicyclic) bond motifs is 3. The summed E-state index contributed by atoms with van der Waals surface area (Å²) in [7, 11) is 0. The van der Waals surface area contributed by atoms with E-state index in [2.05, 4.69) is 84.4 Å². The minimum absolute atomic E-state index is 0.266. The molecule has 0 fully saturated rings. The molecule has 2 aliphatic rings. The Bertz CT molecular complexity index is 1090. The monoisotopic (exact) mass is 372 g/mol. The van der Waals surface area contributed by atoms with Crippen LogP contribution in [-0.2, 0) is 0 Å². The highest BCUT2D eigenvalue weighted by Crippen LogP contribution is 2.43. The maximum atomic E-state index is 3.33. The molecule has 0 saturated carbocycles. The lowest BCUT2D eigenvalue weighted by Gasteiger charge is -1.88. The van der Waals surface area contributed by atoms with Gasteiger partial charge in [-0.25, -0.2) is 0 Å². The van der Waals surface area contributed by atoms with E-state index in [1.807, 2.05) is 11.3 Å². The maximum absolute atomic E-state index is 3.33.